The van der Waals surface area contributed by atoms with Crippen LogP contribution in [0.2, 0.25) is 0 Å². The molecule has 2 N–H and O–H groups in total. The largest absolute Gasteiger partial charge is 0.329 e. The third-order valence-electron chi connectivity index (χ3n) is 2.61. The van der Waals surface area contributed by atoms with Crippen molar-refractivity contribution in [2.24, 2.45) is 5.73 Å². The van der Waals surface area contributed by atoms with Gasteiger partial charge in [-0.25, -0.2) is 4.98 Å². The monoisotopic (exact) mass is 232 g/mol. The highest BCUT2D eigenvalue weighted by atomic mass is 32.1. The fraction of sp³-hybridized carbons (Fsp3) is 0.273. The molecule has 0 amide bonds. The highest BCUT2D eigenvalue weighted by Gasteiger charge is 2.10. The second-order valence-electron chi connectivity index (χ2n) is 3.74. The zero-order chi connectivity index (χ0) is 11.1. The average Bonchev–Trinajstić information content (AvgIpc) is 2.81. The SMILES string of the molecule is Cc1nc2c(ccc3cnn(CCN)c32)s1. The van der Waals surface area contributed by atoms with Gasteiger partial charge in [-0.05, 0) is 19.1 Å². The number of hydrogen-bond donors (Lipinski definition) is 1. The second-order valence-corrected chi connectivity index (χ2v) is 4.97. The molecule has 0 aliphatic heterocycles. The number of nitrogens with zero attached hydrogens (tertiary/aromatic N) is 3. The molecule has 3 aromatic rings. The number of rotatable bonds is 2. The topological polar surface area (TPSA) is 56.7 Å². The van der Waals surface area contributed by atoms with Crippen molar-refractivity contribution >= 4 is 32.5 Å². The molecule has 0 unspecified atom stereocenters. The van der Waals surface area contributed by atoms with E-state index in [9.17, 15) is 0 Å². The lowest BCUT2D eigenvalue weighted by Crippen LogP contribution is -2.10. The minimum atomic E-state index is 0.594. The smallest absolute Gasteiger partial charge is 0.107 e. The Hall–Kier alpha value is -1.46. The van der Waals surface area contributed by atoms with Crippen molar-refractivity contribution in [1.29, 1.82) is 0 Å². The van der Waals surface area contributed by atoms with Crippen molar-refractivity contribution in [2.45, 2.75) is 13.5 Å². The van der Waals surface area contributed by atoms with Gasteiger partial charge >= 0.3 is 0 Å². The first-order valence-electron chi connectivity index (χ1n) is 5.21. The standard InChI is InChI=1S/C11H12N4S/c1-7-14-10-9(16-7)3-2-8-6-13-15(5-4-12)11(8)10/h2-3,6H,4-5,12H2,1H3. The Morgan fingerprint density at radius 2 is 2.31 bits per heavy atom. The Balaban J connectivity index is 2.41. The van der Waals surface area contributed by atoms with E-state index in [4.69, 9.17) is 5.73 Å². The van der Waals surface area contributed by atoms with Crippen LogP contribution in [0.25, 0.3) is 21.1 Å². The summed E-state index contributed by atoms with van der Waals surface area (Å²) < 4.78 is 3.15. The minimum Gasteiger partial charge on any atom is -0.329 e. The van der Waals surface area contributed by atoms with Gasteiger partial charge in [0.2, 0.25) is 0 Å². The molecule has 0 saturated carbocycles. The Bertz CT molecular complexity index is 652. The van der Waals surface area contributed by atoms with Crippen molar-refractivity contribution in [3.63, 3.8) is 0 Å². The third-order valence-corrected chi connectivity index (χ3v) is 3.54. The van der Waals surface area contributed by atoms with Gasteiger partial charge in [-0.3, -0.25) is 4.68 Å². The van der Waals surface area contributed by atoms with E-state index in [0.29, 0.717) is 6.54 Å². The summed E-state index contributed by atoms with van der Waals surface area (Å²) in [6, 6.07) is 4.20. The van der Waals surface area contributed by atoms with Crippen LogP contribution in [-0.2, 0) is 6.54 Å². The van der Waals surface area contributed by atoms with Crippen LogP contribution in [-0.4, -0.2) is 21.3 Å². The summed E-state index contributed by atoms with van der Waals surface area (Å²) in [6.45, 7) is 3.36. The van der Waals surface area contributed by atoms with Gasteiger partial charge in [0.15, 0.2) is 0 Å². The molecule has 16 heavy (non-hydrogen) atoms. The molecule has 82 valence electrons. The molecule has 3 rings (SSSR count). The molecular formula is C11H12N4S. The van der Waals surface area contributed by atoms with Crippen molar-refractivity contribution < 1.29 is 0 Å². The summed E-state index contributed by atoms with van der Waals surface area (Å²) in [4.78, 5) is 4.57. The molecule has 0 radical (unpaired) electrons. The maximum absolute atomic E-state index is 5.58. The van der Waals surface area contributed by atoms with Crippen molar-refractivity contribution in [2.75, 3.05) is 6.54 Å². The van der Waals surface area contributed by atoms with Gasteiger partial charge in [0.1, 0.15) is 5.52 Å². The normalized spacial score (nSPS) is 11.6. The molecule has 0 atom stereocenters. The first-order chi connectivity index (χ1) is 7.79. The van der Waals surface area contributed by atoms with Crippen molar-refractivity contribution in [3.8, 4) is 0 Å². The highest BCUT2D eigenvalue weighted by Crippen LogP contribution is 2.28. The molecule has 5 heteroatoms. The molecule has 4 nitrogen and oxygen atoms in total. The first-order valence-corrected chi connectivity index (χ1v) is 6.03. The molecule has 0 saturated heterocycles. The van der Waals surface area contributed by atoms with E-state index >= 15 is 0 Å². The number of aryl methyl sites for hydroxylation is 1. The first kappa shape index (κ1) is 9.74. The van der Waals surface area contributed by atoms with Gasteiger partial charge in [0.25, 0.3) is 0 Å². The van der Waals surface area contributed by atoms with Crippen LogP contribution in [0.4, 0.5) is 0 Å². The maximum atomic E-state index is 5.58. The van der Waals surface area contributed by atoms with Gasteiger partial charge in [-0.2, -0.15) is 5.10 Å². The van der Waals surface area contributed by atoms with Crippen LogP contribution in [0.15, 0.2) is 18.3 Å². The lowest BCUT2D eigenvalue weighted by Gasteiger charge is -2.00. The van der Waals surface area contributed by atoms with Gasteiger partial charge < -0.3 is 5.73 Å². The number of benzene rings is 1. The third kappa shape index (κ3) is 1.32. The van der Waals surface area contributed by atoms with E-state index in [-0.39, 0.29) is 0 Å². The lowest BCUT2D eigenvalue weighted by atomic mass is 10.2. The average molecular weight is 232 g/mol. The summed E-state index contributed by atoms with van der Waals surface area (Å²) in [7, 11) is 0. The van der Waals surface area contributed by atoms with Gasteiger partial charge in [0.05, 0.1) is 28.0 Å². The van der Waals surface area contributed by atoms with E-state index < -0.39 is 0 Å². The Morgan fingerprint density at radius 3 is 3.12 bits per heavy atom. The molecule has 2 heterocycles. The molecule has 0 spiro atoms. The molecular weight excluding hydrogens is 220 g/mol. The van der Waals surface area contributed by atoms with Crippen LogP contribution in [0.5, 0.6) is 0 Å². The minimum absolute atomic E-state index is 0.594. The lowest BCUT2D eigenvalue weighted by molar-refractivity contribution is 0.647. The number of nitrogens with two attached hydrogens (primary N) is 1. The summed E-state index contributed by atoms with van der Waals surface area (Å²) in [5.74, 6) is 0. The summed E-state index contributed by atoms with van der Waals surface area (Å²) in [5.41, 5.74) is 7.73. The van der Waals surface area contributed by atoms with Gasteiger partial charge in [-0.15, -0.1) is 11.3 Å². The maximum Gasteiger partial charge on any atom is 0.107 e. The zero-order valence-electron chi connectivity index (χ0n) is 8.97. The predicted octanol–water partition coefficient (Wildman–Crippen LogP) is 1.91. The van der Waals surface area contributed by atoms with E-state index in [1.165, 1.54) is 4.70 Å². The molecule has 0 aliphatic carbocycles. The molecule has 0 fully saturated rings. The fourth-order valence-corrected chi connectivity index (χ4v) is 2.79. The summed E-state index contributed by atoms with van der Waals surface area (Å²) in [6.07, 6.45) is 1.87. The van der Waals surface area contributed by atoms with Crippen LogP contribution in [0.1, 0.15) is 5.01 Å². The molecule has 0 bridgehead atoms. The molecule has 2 aromatic heterocycles. The Kier molecular flexibility index (Phi) is 2.15. The van der Waals surface area contributed by atoms with Gasteiger partial charge in [0, 0.05) is 11.9 Å². The number of thiazole rings is 1. The molecule has 0 aliphatic rings. The van der Waals surface area contributed by atoms with Crippen LogP contribution in [0.3, 0.4) is 0 Å². The van der Waals surface area contributed by atoms with E-state index in [0.717, 1.165) is 28.0 Å². The van der Waals surface area contributed by atoms with E-state index in [1.807, 2.05) is 17.8 Å². The predicted molar refractivity (Wildman–Crippen MR) is 66.7 cm³/mol. The quantitative estimate of drug-likeness (QED) is 0.734. The zero-order valence-corrected chi connectivity index (χ0v) is 9.79. The van der Waals surface area contributed by atoms with Crippen LogP contribution < -0.4 is 5.73 Å². The highest BCUT2D eigenvalue weighted by molar-refractivity contribution is 7.18. The van der Waals surface area contributed by atoms with E-state index in [1.54, 1.807) is 11.3 Å². The van der Waals surface area contributed by atoms with Crippen molar-refractivity contribution in [3.05, 3.63) is 23.3 Å². The summed E-state index contributed by atoms with van der Waals surface area (Å²) in [5, 5.41) is 6.56. The fourth-order valence-electron chi connectivity index (χ4n) is 1.96. The number of aromatic nitrogens is 3. The van der Waals surface area contributed by atoms with E-state index in [2.05, 4.69) is 22.2 Å². The Labute approximate surface area is 96.7 Å². The van der Waals surface area contributed by atoms with Gasteiger partial charge in [-0.1, -0.05) is 0 Å². The van der Waals surface area contributed by atoms with Crippen LogP contribution in [0, 0.1) is 6.92 Å². The van der Waals surface area contributed by atoms with Crippen LogP contribution >= 0.6 is 11.3 Å². The number of fused-ring (bicyclic) bond motifs is 3. The summed E-state index contributed by atoms with van der Waals surface area (Å²) >= 11 is 1.71. The Morgan fingerprint density at radius 1 is 1.44 bits per heavy atom. The van der Waals surface area contributed by atoms with Crippen molar-refractivity contribution in [1.82, 2.24) is 14.8 Å². The molecule has 1 aromatic carbocycles. The second kappa shape index (κ2) is 3.54. The number of hydrogen-bond acceptors (Lipinski definition) is 4.